The number of rotatable bonds is 1. The summed E-state index contributed by atoms with van der Waals surface area (Å²) in [7, 11) is 0. The van der Waals surface area contributed by atoms with Gasteiger partial charge in [-0.1, -0.05) is 11.6 Å². The van der Waals surface area contributed by atoms with E-state index in [0.717, 1.165) is 15.6 Å². The van der Waals surface area contributed by atoms with Crippen LogP contribution in [0.4, 0.5) is 0 Å². The van der Waals surface area contributed by atoms with E-state index in [0.29, 0.717) is 11.0 Å². The highest BCUT2D eigenvalue weighted by molar-refractivity contribution is 7.14. The Kier molecular flexibility index (Phi) is 2.48. The molecular weight excluding hydrogens is 218 g/mol. The van der Waals surface area contributed by atoms with Gasteiger partial charge in [-0.25, -0.2) is 15.0 Å². The van der Waals surface area contributed by atoms with E-state index in [2.05, 4.69) is 15.0 Å². The third-order valence-corrected chi connectivity index (χ3v) is 2.77. The lowest BCUT2D eigenvalue weighted by molar-refractivity contribution is 1.12. The Labute approximate surface area is 90.8 Å². The molecule has 2 heterocycles. The van der Waals surface area contributed by atoms with Crippen LogP contribution < -0.4 is 0 Å². The Morgan fingerprint density at radius 2 is 2.07 bits per heavy atom. The first-order valence-electron chi connectivity index (χ1n) is 4.09. The minimum Gasteiger partial charge on any atom is -0.249 e. The molecule has 0 saturated carbocycles. The van der Waals surface area contributed by atoms with E-state index in [9.17, 15) is 0 Å². The fourth-order valence-electron chi connectivity index (χ4n) is 1.11. The molecule has 2 rings (SSSR count). The van der Waals surface area contributed by atoms with Crippen molar-refractivity contribution in [3.8, 4) is 10.7 Å². The molecule has 0 N–H and O–H groups in total. The molecule has 0 aliphatic heterocycles. The number of aryl methyl sites for hydroxylation is 2. The van der Waals surface area contributed by atoms with E-state index >= 15 is 0 Å². The average molecular weight is 226 g/mol. The number of thiazole rings is 1. The van der Waals surface area contributed by atoms with Gasteiger partial charge in [0.15, 0.2) is 5.82 Å². The first-order valence-corrected chi connectivity index (χ1v) is 5.28. The van der Waals surface area contributed by atoms with Crippen molar-refractivity contribution in [3.05, 3.63) is 28.1 Å². The van der Waals surface area contributed by atoms with Crippen molar-refractivity contribution in [3.63, 3.8) is 0 Å². The second-order valence-electron chi connectivity index (χ2n) is 2.90. The summed E-state index contributed by atoms with van der Waals surface area (Å²) in [4.78, 5) is 13.5. The molecule has 0 spiro atoms. The van der Waals surface area contributed by atoms with Crippen molar-refractivity contribution in [1.82, 2.24) is 15.0 Å². The van der Waals surface area contributed by atoms with Gasteiger partial charge in [-0.15, -0.1) is 11.3 Å². The molecule has 0 saturated heterocycles. The quantitative estimate of drug-likeness (QED) is 0.701. The van der Waals surface area contributed by atoms with Gasteiger partial charge in [0.25, 0.3) is 0 Å². The number of hydrogen-bond donors (Lipinski definition) is 0. The molecule has 0 aliphatic carbocycles. The normalized spacial score (nSPS) is 10.5. The van der Waals surface area contributed by atoms with Crippen molar-refractivity contribution >= 4 is 22.9 Å². The van der Waals surface area contributed by atoms with Crippen molar-refractivity contribution in [2.75, 3.05) is 0 Å². The predicted molar refractivity (Wildman–Crippen MR) is 57.6 cm³/mol. The summed E-state index contributed by atoms with van der Waals surface area (Å²) in [6.45, 7) is 3.84. The fraction of sp³-hybridized carbons (Fsp3) is 0.222. The highest BCUT2D eigenvalue weighted by Crippen LogP contribution is 2.23. The topological polar surface area (TPSA) is 38.7 Å². The molecule has 5 heteroatoms. The third-order valence-electron chi connectivity index (χ3n) is 1.66. The minimum absolute atomic E-state index is 0.471. The minimum atomic E-state index is 0.471. The molecule has 72 valence electrons. The molecule has 0 bridgehead atoms. The Morgan fingerprint density at radius 3 is 2.64 bits per heavy atom. The molecule has 0 aromatic carbocycles. The molecule has 3 nitrogen and oxygen atoms in total. The van der Waals surface area contributed by atoms with Crippen LogP contribution in [0.3, 0.4) is 0 Å². The lowest BCUT2D eigenvalue weighted by Gasteiger charge is -1.97. The van der Waals surface area contributed by atoms with Crippen LogP contribution in [0, 0.1) is 13.8 Å². The van der Waals surface area contributed by atoms with Gasteiger partial charge in [-0.3, -0.25) is 0 Å². The predicted octanol–water partition coefficient (Wildman–Crippen LogP) is 2.87. The van der Waals surface area contributed by atoms with E-state index in [-0.39, 0.29) is 0 Å². The summed E-state index contributed by atoms with van der Waals surface area (Å²) in [5.41, 5.74) is 0.867. The summed E-state index contributed by atoms with van der Waals surface area (Å²) < 4.78 is 0. The first kappa shape index (κ1) is 9.55. The summed E-state index contributed by atoms with van der Waals surface area (Å²) in [5, 5.41) is 1.47. The van der Waals surface area contributed by atoms with Crippen LogP contribution in [0.25, 0.3) is 10.7 Å². The molecule has 0 radical (unpaired) electrons. The summed E-state index contributed by atoms with van der Waals surface area (Å²) in [6, 6.07) is 1.74. The van der Waals surface area contributed by atoms with Gasteiger partial charge in [-0.05, 0) is 19.9 Å². The lowest BCUT2D eigenvalue weighted by Crippen LogP contribution is -1.89. The van der Waals surface area contributed by atoms with Crippen LogP contribution in [-0.2, 0) is 0 Å². The van der Waals surface area contributed by atoms with Crippen LogP contribution in [0.5, 0.6) is 0 Å². The maximum absolute atomic E-state index is 5.84. The zero-order chi connectivity index (χ0) is 10.1. The van der Waals surface area contributed by atoms with Crippen LogP contribution in [0.2, 0.25) is 5.15 Å². The molecule has 2 aromatic rings. The monoisotopic (exact) mass is 225 g/mol. The van der Waals surface area contributed by atoms with E-state index in [1.807, 2.05) is 13.8 Å². The third kappa shape index (κ3) is 1.91. The zero-order valence-electron chi connectivity index (χ0n) is 7.78. The average Bonchev–Trinajstić information content (AvgIpc) is 2.50. The number of aromatic nitrogens is 3. The number of halogens is 1. The molecule has 0 unspecified atom stereocenters. The molecule has 2 aromatic heterocycles. The van der Waals surface area contributed by atoms with Gasteiger partial charge in [0.05, 0.1) is 9.88 Å². The van der Waals surface area contributed by atoms with Crippen molar-refractivity contribution in [2.45, 2.75) is 13.8 Å². The summed E-state index contributed by atoms with van der Waals surface area (Å²) >= 11 is 7.40. The maximum atomic E-state index is 5.84. The van der Waals surface area contributed by atoms with E-state index in [1.54, 1.807) is 23.6 Å². The van der Waals surface area contributed by atoms with Crippen molar-refractivity contribution in [1.29, 1.82) is 0 Å². The standard InChI is InChI=1S/C9H8ClN3S/c1-5-3-8(10)13-9(12-5)7-4-11-6(2)14-7/h3-4H,1-2H3. The smallest absolute Gasteiger partial charge is 0.172 e. The molecule has 0 aliphatic rings. The van der Waals surface area contributed by atoms with E-state index in [1.165, 1.54) is 0 Å². The molecular formula is C9H8ClN3S. The Balaban J connectivity index is 2.51. The molecule has 0 fully saturated rings. The zero-order valence-corrected chi connectivity index (χ0v) is 9.35. The molecule has 14 heavy (non-hydrogen) atoms. The lowest BCUT2D eigenvalue weighted by atomic mass is 10.4. The summed E-state index contributed by atoms with van der Waals surface area (Å²) in [5.74, 6) is 0.653. The van der Waals surface area contributed by atoms with E-state index in [4.69, 9.17) is 11.6 Å². The molecule has 0 atom stereocenters. The highest BCUT2D eigenvalue weighted by atomic mass is 35.5. The van der Waals surface area contributed by atoms with Gasteiger partial charge >= 0.3 is 0 Å². The van der Waals surface area contributed by atoms with E-state index < -0.39 is 0 Å². The van der Waals surface area contributed by atoms with Gasteiger partial charge in [-0.2, -0.15) is 0 Å². The van der Waals surface area contributed by atoms with Gasteiger partial charge in [0.2, 0.25) is 0 Å². The Bertz CT molecular complexity index is 447. The van der Waals surface area contributed by atoms with Crippen LogP contribution in [-0.4, -0.2) is 15.0 Å². The number of hydrogen-bond acceptors (Lipinski definition) is 4. The summed E-state index contributed by atoms with van der Waals surface area (Å²) in [6.07, 6.45) is 1.77. The Hall–Kier alpha value is -1.00. The number of nitrogens with zero attached hydrogens (tertiary/aromatic N) is 3. The van der Waals surface area contributed by atoms with Crippen LogP contribution in [0.1, 0.15) is 10.7 Å². The first-order chi connectivity index (χ1) is 6.65. The second-order valence-corrected chi connectivity index (χ2v) is 4.52. The van der Waals surface area contributed by atoms with Crippen molar-refractivity contribution in [2.24, 2.45) is 0 Å². The van der Waals surface area contributed by atoms with Gasteiger partial charge in [0.1, 0.15) is 5.15 Å². The Morgan fingerprint density at radius 1 is 1.29 bits per heavy atom. The molecule has 0 amide bonds. The largest absolute Gasteiger partial charge is 0.249 e. The van der Waals surface area contributed by atoms with Crippen LogP contribution >= 0.6 is 22.9 Å². The van der Waals surface area contributed by atoms with Gasteiger partial charge in [0, 0.05) is 11.9 Å². The van der Waals surface area contributed by atoms with Gasteiger partial charge < -0.3 is 0 Å². The SMILES string of the molecule is Cc1cc(Cl)nc(-c2cnc(C)s2)n1. The second kappa shape index (κ2) is 3.63. The highest BCUT2D eigenvalue weighted by Gasteiger charge is 2.06. The fourth-order valence-corrected chi connectivity index (χ4v) is 2.05. The van der Waals surface area contributed by atoms with Crippen LogP contribution in [0.15, 0.2) is 12.3 Å². The maximum Gasteiger partial charge on any atom is 0.172 e. The van der Waals surface area contributed by atoms with Crippen molar-refractivity contribution < 1.29 is 0 Å².